The number of anilines is 3. The molecule has 1 aromatic heterocycles. The summed E-state index contributed by atoms with van der Waals surface area (Å²) in [6, 6.07) is 13.6. The number of nitrogens with one attached hydrogen (secondary N) is 1. The van der Waals surface area contributed by atoms with Crippen molar-refractivity contribution in [1.82, 2.24) is 9.97 Å². The fourth-order valence-electron chi connectivity index (χ4n) is 3.41. The molecule has 1 aliphatic heterocycles. The van der Waals surface area contributed by atoms with E-state index in [9.17, 15) is 13.2 Å². The van der Waals surface area contributed by atoms with Gasteiger partial charge in [-0.1, -0.05) is 23.7 Å². The second-order valence-corrected chi connectivity index (χ2v) is 7.38. The van der Waals surface area contributed by atoms with Crippen molar-refractivity contribution in [3.8, 4) is 5.75 Å². The lowest BCUT2D eigenvalue weighted by Gasteiger charge is -2.30. The average molecular weight is 435 g/mol. The van der Waals surface area contributed by atoms with Crippen LogP contribution in [-0.4, -0.2) is 22.9 Å². The van der Waals surface area contributed by atoms with E-state index in [-0.39, 0.29) is 5.75 Å². The fraction of sp³-hybridized carbons (Fsp3) is 0.238. The largest absolute Gasteiger partial charge is 0.573 e. The first-order valence-corrected chi connectivity index (χ1v) is 9.64. The van der Waals surface area contributed by atoms with E-state index in [2.05, 4.69) is 24.9 Å². The monoisotopic (exact) mass is 434 g/mol. The molecule has 2 aromatic carbocycles. The van der Waals surface area contributed by atoms with Crippen LogP contribution in [0.5, 0.6) is 5.75 Å². The summed E-state index contributed by atoms with van der Waals surface area (Å²) in [5.41, 5.74) is 2.60. The van der Waals surface area contributed by atoms with Gasteiger partial charge >= 0.3 is 6.36 Å². The van der Waals surface area contributed by atoms with Crippen LogP contribution in [0.1, 0.15) is 17.0 Å². The first-order chi connectivity index (χ1) is 14.2. The summed E-state index contributed by atoms with van der Waals surface area (Å²) in [4.78, 5) is 11.0. The molecule has 156 valence electrons. The van der Waals surface area contributed by atoms with Crippen molar-refractivity contribution >= 4 is 28.9 Å². The third-order valence-corrected chi connectivity index (χ3v) is 4.90. The first kappa shape index (κ1) is 20.3. The summed E-state index contributed by atoms with van der Waals surface area (Å²) >= 11 is 6.04. The first-order valence-electron chi connectivity index (χ1n) is 9.26. The molecule has 4 rings (SSSR count). The van der Waals surface area contributed by atoms with Crippen LogP contribution in [0.2, 0.25) is 5.02 Å². The van der Waals surface area contributed by atoms with Gasteiger partial charge in [-0.3, -0.25) is 0 Å². The Morgan fingerprint density at radius 3 is 2.67 bits per heavy atom. The summed E-state index contributed by atoms with van der Waals surface area (Å²) in [6.07, 6.45) is -4.11. The van der Waals surface area contributed by atoms with Crippen molar-refractivity contribution in [2.45, 2.75) is 26.3 Å². The highest BCUT2D eigenvalue weighted by Crippen LogP contribution is 2.30. The predicted octanol–water partition coefficient (Wildman–Crippen LogP) is 5.64. The zero-order valence-electron chi connectivity index (χ0n) is 16.0. The third kappa shape index (κ3) is 4.94. The number of nitrogens with zero attached hydrogens (tertiary/aromatic N) is 3. The number of fused-ring (bicyclic) bond motifs is 1. The Kier molecular flexibility index (Phi) is 5.42. The van der Waals surface area contributed by atoms with E-state index >= 15 is 0 Å². The van der Waals surface area contributed by atoms with E-state index in [1.165, 1.54) is 12.1 Å². The second-order valence-electron chi connectivity index (χ2n) is 6.94. The van der Waals surface area contributed by atoms with Crippen molar-refractivity contribution < 1.29 is 17.9 Å². The van der Waals surface area contributed by atoms with E-state index in [1.54, 1.807) is 18.2 Å². The average Bonchev–Trinajstić information content (AvgIpc) is 2.66. The van der Waals surface area contributed by atoms with Gasteiger partial charge in [-0.05, 0) is 54.8 Å². The number of benzene rings is 2. The number of halogens is 4. The minimum Gasteiger partial charge on any atom is -0.406 e. The molecule has 0 saturated carbocycles. The molecule has 1 aliphatic rings. The van der Waals surface area contributed by atoms with Gasteiger partial charge in [0.05, 0.1) is 0 Å². The molecule has 0 aliphatic carbocycles. The molecule has 0 amide bonds. The molecule has 0 radical (unpaired) electrons. The van der Waals surface area contributed by atoms with Crippen LogP contribution < -0.4 is 15.0 Å². The molecular formula is C21H18ClF3N4O. The molecule has 5 nitrogen and oxygen atoms in total. The second kappa shape index (κ2) is 8.02. The molecule has 0 bridgehead atoms. The van der Waals surface area contributed by atoms with Crippen molar-refractivity contribution in [2.24, 2.45) is 0 Å². The van der Waals surface area contributed by atoms with E-state index in [0.29, 0.717) is 36.2 Å². The Hall–Kier alpha value is -3.00. The quantitative estimate of drug-likeness (QED) is 0.575. The highest BCUT2D eigenvalue weighted by Gasteiger charge is 2.31. The van der Waals surface area contributed by atoms with Crippen molar-refractivity contribution in [2.75, 3.05) is 16.8 Å². The van der Waals surface area contributed by atoms with Gasteiger partial charge in [0.2, 0.25) is 0 Å². The van der Waals surface area contributed by atoms with Gasteiger partial charge in [-0.2, -0.15) is 0 Å². The molecule has 30 heavy (non-hydrogen) atoms. The lowest BCUT2D eigenvalue weighted by Crippen LogP contribution is -2.31. The summed E-state index contributed by atoms with van der Waals surface area (Å²) in [6.45, 7) is 2.97. The molecule has 3 aromatic rings. The summed E-state index contributed by atoms with van der Waals surface area (Å²) < 4.78 is 41.4. The van der Waals surface area contributed by atoms with Crippen molar-refractivity contribution in [3.05, 3.63) is 70.5 Å². The summed E-state index contributed by atoms with van der Waals surface area (Å²) in [7, 11) is 0. The van der Waals surface area contributed by atoms with Crippen LogP contribution in [0.3, 0.4) is 0 Å². The van der Waals surface area contributed by atoms with Crippen LogP contribution in [0, 0.1) is 6.92 Å². The van der Waals surface area contributed by atoms with Crippen LogP contribution >= 0.6 is 11.6 Å². The van der Waals surface area contributed by atoms with Gasteiger partial charge < -0.3 is 15.0 Å². The van der Waals surface area contributed by atoms with E-state index < -0.39 is 6.36 Å². The van der Waals surface area contributed by atoms with Crippen LogP contribution in [0.15, 0.2) is 48.5 Å². The minimum absolute atomic E-state index is 0.194. The molecule has 0 saturated heterocycles. The normalized spacial score (nSPS) is 13.7. The number of hydrogen-bond acceptors (Lipinski definition) is 5. The summed E-state index contributed by atoms with van der Waals surface area (Å²) in [5, 5.41) is 3.85. The highest BCUT2D eigenvalue weighted by molar-refractivity contribution is 6.30. The lowest BCUT2D eigenvalue weighted by molar-refractivity contribution is -0.274. The Labute approximate surface area is 176 Å². The summed E-state index contributed by atoms with van der Waals surface area (Å²) in [5.74, 6) is 1.80. The molecule has 1 N–H and O–H groups in total. The topological polar surface area (TPSA) is 50.3 Å². The van der Waals surface area contributed by atoms with Gasteiger partial charge in [-0.25, -0.2) is 9.97 Å². The number of aryl methyl sites for hydroxylation is 1. The van der Waals surface area contributed by atoms with Gasteiger partial charge in [0, 0.05) is 29.9 Å². The van der Waals surface area contributed by atoms with Crippen LogP contribution in [-0.2, 0) is 13.0 Å². The Morgan fingerprint density at radius 2 is 1.90 bits per heavy atom. The molecule has 0 unspecified atom stereocenters. The molecule has 0 spiro atoms. The van der Waals surface area contributed by atoms with Crippen molar-refractivity contribution in [3.63, 3.8) is 0 Å². The SMILES string of the molecule is Cc1nc(Nc2cccc(Cl)c2)cc(N2CCc3cc(OC(F)(F)F)ccc3C2)n1. The number of rotatable bonds is 4. The Bertz CT molecular complexity index is 1070. The zero-order chi connectivity index (χ0) is 21.3. The molecule has 2 heterocycles. The standard InChI is InChI=1S/C21H18ClF3N4O/c1-13-26-19(28-17-4-2-3-16(22)10-17)11-20(27-13)29-8-7-14-9-18(30-21(23,24)25)6-5-15(14)12-29/h2-6,9-11H,7-8,12H2,1H3,(H,26,27,28). The van der Waals surface area contributed by atoms with Crippen LogP contribution in [0.4, 0.5) is 30.5 Å². The Balaban J connectivity index is 1.53. The number of hydrogen-bond donors (Lipinski definition) is 1. The smallest absolute Gasteiger partial charge is 0.406 e. The Morgan fingerprint density at radius 1 is 1.07 bits per heavy atom. The van der Waals surface area contributed by atoms with Gasteiger partial charge in [0.15, 0.2) is 0 Å². The van der Waals surface area contributed by atoms with Gasteiger partial charge in [0.1, 0.15) is 23.2 Å². The maximum absolute atomic E-state index is 12.5. The number of ether oxygens (including phenoxy) is 1. The number of alkyl halides is 3. The van der Waals surface area contributed by atoms with E-state index in [4.69, 9.17) is 11.6 Å². The van der Waals surface area contributed by atoms with Gasteiger partial charge in [0.25, 0.3) is 0 Å². The predicted molar refractivity (Wildman–Crippen MR) is 109 cm³/mol. The minimum atomic E-state index is -4.69. The molecular weight excluding hydrogens is 417 g/mol. The highest BCUT2D eigenvalue weighted by atomic mass is 35.5. The number of aromatic nitrogens is 2. The molecule has 0 fully saturated rings. The van der Waals surface area contributed by atoms with E-state index in [1.807, 2.05) is 25.1 Å². The molecule has 9 heteroatoms. The lowest BCUT2D eigenvalue weighted by atomic mass is 9.99. The zero-order valence-corrected chi connectivity index (χ0v) is 16.8. The van der Waals surface area contributed by atoms with Crippen LogP contribution in [0.25, 0.3) is 0 Å². The van der Waals surface area contributed by atoms with E-state index in [0.717, 1.165) is 22.6 Å². The van der Waals surface area contributed by atoms with Crippen molar-refractivity contribution in [1.29, 1.82) is 0 Å². The maximum Gasteiger partial charge on any atom is 0.573 e. The third-order valence-electron chi connectivity index (χ3n) is 4.67. The fourth-order valence-corrected chi connectivity index (χ4v) is 3.60. The molecule has 0 atom stereocenters. The van der Waals surface area contributed by atoms with Gasteiger partial charge in [-0.15, -0.1) is 13.2 Å². The maximum atomic E-state index is 12.5.